The minimum absolute atomic E-state index is 0.134. The van der Waals surface area contributed by atoms with Crippen LogP contribution in [0.4, 0.5) is 0 Å². The van der Waals surface area contributed by atoms with Crippen LogP contribution < -0.4 is 14.8 Å². The van der Waals surface area contributed by atoms with Gasteiger partial charge in [0.25, 0.3) is 0 Å². The number of benzene rings is 1. The predicted molar refractivity (Wildman–Crippen MR) is 95.3 cm³/mol. The fourth-order valence-electron chi connectivity index (χ4n) is 2.88. The zero-order valence-electron chi connectivity index (χ0n) is 14.7. The number of amides is 1. The van der Waals surface area contributed by atoms with E-state index in [2.05, 4.69) is 16.0 Å². The summed E-state index contributed by atoms with van der Waals surface area (Å²) in [6, 6.07) is 7.93. The Labute approximate surface area is 147 Å². The molecule has 0 unspecified atom stereocenters. The molecule has 1 amide bonds. The van der Waals surface area contributed by atoms with Gasteiger partial charge in [-0.05, 0) is 43.7 Å². The van der Waals surface area contributed by atoms with Crippen molar-refractivity contribution < 1.29 is 19.0 Å². The maximum absolute atomic E-state index is 11.8. The summed E-state index contributed by atoms with van der Waals surface area (Å²) in [7, 11) is 1.60. The molecule has 0 saturated heterocycles. The molecule has 1 aliphatic rings. The van der Waals surface area contributed by atoms with Crippen molar-refractivity contribution in [2.75, 3.05) is 27.1 Å². The molecular formula is C19H22N2O4. The van der Waals surface area contributed by atoms with Crippen molar-refractivity contribution >= 4 is 12.0 Å². The number of methoxy groups -OCH3 is 1. The molecule has 132 valence electrons. The van der Waals surface area contributed by atoms with Crippen LogP contribution in [0.3, 0.4) is 0 Å². The fourth-order valence-corrected chi connectivity index (χ4v) is 2.88. The summed E-state index contributed by atoms with van der Waals surface area (Å²) >= 11 is 0. The lowest BCUT2D eigenvalue weighted by Gasteiger charge is -2.10. The van der Waals surface area contributed by atoms with Crippen LogP contribution in [-0.4, -0.2) is 37.5 Å². The van der Waals surface area contributed by atoms with E-state index in [1.807, 2.05) is 38.1 Å². The molecule has 6 heteroatoms. The fraction of sp³-hybridized carbons (Fsp3) is 0.316. The van der Waals surface area contributed by atoms with Crippen LogP contribution in [0.15, 0.2) is 30.3 Å². The summed E-state index contributed by atoms with van der Waals surface area (Å²) < 4.78 is 17.9. The Hall–Kier alpha value is -2.73. The van der Waals surface area contributed by atoms with Gasteiger partial charge >= 0.3 is 0 Å². The van der Waals surface area contributed by atoms with Crippen molar-refractivity contribution in [1.29, 1.82) is 0 Å². The Bertz CT molecular complexity index is 808. The molecule has 2 aromatic rings. The van der Waals surface area contributed by atoms with Gasteiger partial charge in [-0.1, -0.05) is 0 Å². The second-order valence-corrected chi connectivity index (χ2v) is 5.82. The van der Waals surface area contributed by atoms with Crippen molar-refractivity contribution in [3.05, 3.63) is 47.3 Å². The third kappa shape index (κ3) is 3.69. The van der Waals surface area contributed by atoms with Gasteiger partial charge in [-0.15, -0.1) is 0 Å². The first kappa shape index (κ1) is 17.1. The number of fused-ring (bicyclic) bond motifs is 1. The number of nitrogens with zero attached hydrogens (tertiary/aromatic N) is 1. The Morgan fingerprint density at radius 3 is 2.88 bits per heavy atom. The number of hydrogen-bond donors (Lipinski definition) is 1. The van der Waals surface area contributed by atoms with Crippen LogP contribution >= 0.6 is 0 Å². The van der Waals surface area contributed by atoms with Crippen LogP contribution in [0, 0.1) is 13.8 Å². The van der Waals surface area contributed by atoms with Crippen LogP contribution in [0.2, 0.25) is 0 Å². The normalized spacial score (nSPS) is 12.8. The van der Waals surface area contributed by atoms with Crippen molar-refractivity contribution in [2.24, 2.45) is 0 Å². The summed E-state index contributed by atoms with van der Waals surface area (Å²) in [6.07, 6.45) is 3.37. The third-order valence-corrected chi connectivity index (χ3v) is 4.10. The smallest absolute Gasteiger partial charge is 0.244 e. The van der Waals surface area contributed by atoms with Gasteiger partial charge in [-0.25, -0.2) is 0 Å². The molecular weight excluding hydrogens is 320 g/mol. The number of rotatable bonds is 6. The first-order valence-electron chi connectivity index (χ1n) is 8.14. The average molecular weight is 342 g/mol. The molecule has 1 aromatic carbocycles. The molecule has 1 aliphatic heterocycles. The van der Waals surface area contributed by atoms with Crippen LogP contribution in [0.1, 0.15) is 17.0 Å². The molecule has 0 aliphatic carbocycles. The molecule has 2 heterocycles. The van der Waals surface area contributed by atoms with E-state index in [1.54, 1.807) is 13.2 Å². The highest BCUT2D eigenvalue weighted by molar-refractivity contribution is 5.91. The average Bonchev–Trinajstić information content (AvgIpc) is 3.16. The van der Waals surface area contributed by atoms with Gasteiger partial charge in [0.05, 0.1) is 6.61 Å². The topological polar surface area (TPSA) is 61.7 Å². The maximum atomic E-state index is 11.8. The standard InChI is InChI=1S/C19H22N2O4/c1-13-10-15(4-7-19(22)20-8-9-23-3)14(2)21(13)16-5-6-17-18(11-16)25-12-24-17/h4-7,10-11H,8-9,12H2,1-3H3,(H,20,22)/b7-4+. The summed E-state index contributed by atoms with van der Waals surface area (Å²) in [5.41, 5.74) is 4.13. The molecule has 0 atom stereocenters. The van der Waals surface area contributed by atoms with E-state index >= 15 is 0 Å². The Balaban J connectivity index is 1.80. The lowest BCUT2D eigenvalue weighted by atomic mass is 10.2. The van der Waals surface area contributed by atoms with Gasteiger partial charge in [0, 0.05) is 42.9 Å². The monoisotopic (exact) mass is 342 g/mol. The highest BCUT2D eigenvalue weighted by Crippen LogP contribution is 2.34. The number of nitrogens with one attached hydrogen (secondary N) is 1. The predicted octanol–water partition coefficient (Wildman–Crippen LogP) is 2.60. The van der Waals surface area contributed by atoms with Gasteiger partial charge in [-0.3, -0.25) is 4.79 Å². The first-order valence-corrected chi connectivity index (χ1v) is 8.14. The molecule has 0 radical (unpaired) electrons. The zero-order valence-corrected chi connectivity index (χ0v) is 14.7. The van der Waals surface area contributed by atoms with E-state index < -0.39 is 0 Å². The van der Waals surface area contributed by atoms with E-state index in [0.29, 0.717) is 13.2 Å². The number of hydrogen-bond acceptors (Lipinski definition) is 4. The summed E-state index contributed by atoms with van der Waals surface area (Å²) in [4.78, 5) is 11.8. The van der Waals surface area contributed by atoms with Crippen molar-refractivity contribution in [1.82, 2.24) is 9.88 Å². The molecule has 0 bridgehead atoms. The van der Waals surface area contributed by atoms with E-state index in [9.17, 15) is 4.79 Å². The highest BCUT2D eigenvalue weighted by atomic mass is 16.7. The van der Waals surface area contributed by atoms with Gasteiger partial charge in [0.1, 0.15) is 0 Å². The molecule has 1 N–H and O–H groups in total. The van der Waals surface area contributed by atoms with Crippen LogP contribution in [-0.2, 0) is 9.53 Å². The molecule has 25 heavy (non-hydrogen) atoms. The van der Waals surface area contributed by atoms with E-state index in [4.69, 9.17) is 14.2 Å². The molecule has 0 spiro atoms. The van der Waals surface area contributed by atoms with Crippen molar-refractivity contribution in [3.63, 3.8) is 0 Å². The van der Waals surface area contributed by atoms with Crippen LogP contribution in [0.25, 0.3) is 11.8 Å². The second kappa shape index (κ2) is 7.44. The zero-order chi connectivity index (χ0) is 17.8. The Morgan fingerprint density at radius 2 is 2.08 bits per heavy atom. The number of carbonyl (C=O) groups is 1. The highest BCUT2D eigenvalue weighted by Gasteiger charge is 2.16. The number of ether oxygens (including phenoxy) is 3. The van der Waals surface area contributed by atoms with Crippen LogP contribution in [0.5, 0.6) is 11.5 Å². The Morgan fingerprint density at radius 1 is 1.28 bits per heavy atom. The minimum atomic E-state index is -0.134. The molecule has 0 saturated carbocycles. The van der Waals surface area contributed by atoms with Crippen molar-refractivity contribution in [2.45, 2.75) is 13.8 Å². The van der Waals surface area contributed by atoms with Crippen molar-refractivity contribution in [3.8, 4) is 17.2 Å². The lowest BCUT2D eigenvalue weighted by molar-refractivity contribution is -0.116. The van der Waals surface area contributed by atoms with E-state index in [-0.39, 0.29) is 12.7 Å². The maximum Gasteiger partial charge on any atom is 0.244 e. The molecule has 1 aromatic heterocycles. The Kier molecular flexibility index (Phi) is 5.09. The lowest BCUT2D eigenvalue weighted by Crippen LogP contribution is -2.24. The molecule has 6 nitrogen and oxygen atoms in total. The summed E-state index contributed by atoms with van der Waals surface area (Å²) in [5, 5.41) is 2.77. The third-order valence-electron chi connectivity index (χ3n) is 4.10. The number of aromatic nitrogens is 1. The second-order valence-electron chi connectivity index (χ2n) is 5.82. The molecule has 0 fully saturated rings. The quantitative estimate of drug-likeness (QED) is 0.647. The first-order chi connectivity index (χ1) is 12.1. The van der Waals surface area contributed by atoms with Gasteiger partial charge in [0.2, 0.25) is 12.7 Å². The molecule has 3 rings (SSSR count). The van der Waals surface area contributed by atoms with Gasteiger partial charge < -0.3 is 24.1 Å². The minimum Gasteiger partial charge on any atom is -0.454 e. The summed E-state index contributed by atoms with van der Waals surface area (Å²) in [5.74, 6) is 1.38. The van der Waals surface area contributed by atoms with Gasteiger partial charge in [0.15, 0.2) is 11.5 Å². The van der Waals surface area contributed by atoms with Gasteiger partial charge in [-0.2, -0.15) is 0 Å². The van der Waals surface area contributed by atoms with E-state index in [0.717, 1.165) is 34.1 Å². The van der Waals surface area contributed by atoms with E-state index in [1.165, 1.54) is 0 Å². The SMILES string of the molecule is COCCNC(=O)/C=C/c1cc(C)n(-c2ccc3c(c2)OCO3)c1C. The summed E-state index contributed by atoms with van der Waals surface area (Å²) in [6.45, 7) is 5.32. The number of carbonyl (C=O) groups excluding carboxylic acids is 1. The number of aryl methyl sites for hydroxylation is 1. The largest absolute Gasteiger partial charge is 0.454 e.